The molecule has 2 rings (SSSR count). The molecular formula is C18H25NO. The van der Waals surface area contributed by atoms with E-state index in [0.717, 1.165) is 30.9 Å². The van der Waals surface area contributed by atoms with Crippen molar-refractivity contribution in [2.24, 2.45) is 0 Å². The molecule has 0 amide bonds. The number of furan rings is 1. The van der Waals surface area contributed by atoms with Gasteiger partial charge >= 0.3 is 0 Å². The summed E-state index contributed by atoms with van der Waals surface area (Å²) >= 11 is 0. The first kappa shape index (κ1) is 14.9. The van der Waals surface area contributed by atoms with Crippen LogP contribution in [0.1, 0.15) is 44.6 Å². The summed E-state index contributed by atoms with van der Waals surface area (Å²) in [5.41, 5.74) is 4.03. The Labute approximate surface area is 122 Å². The minimum absolute atomic E-state index is 0.471. The highest BCUT2D eigenvalue weighted by molar-refractivity contribution is 5.59. The number of nitrogens with one attached hydrogen (secondary N) is 1. The van der Waals surface area contributed by atoms with Crippen LogP contribution in [0.2, 0.25) is 0 Å². The molecule has 0 bridgehead atoms. The van der Waals surface area contributed by atoms with Gasteiger partial charge < -0.3 is 9.73 Å². The lowest BCUT2D eigenvalue weighted by atomic mass is 9.99. The van der Waals surface area contributed by atoms with E-state index in [9.17, 15) is 0 Å². The molecule has 1 aromatic carbocycles. The van der Waals surface area contributed by atoms with E-state index < -0.39 is 0 Å². The third-order valence-corrected chi connectivity index (χ3v) is 3.60. The molecule has 2 nitrogen and oxygen atoms in total. The number of hydrogen-bond donors (Lipinski definition) is 1. The summed E-state index contributed by atoms with van der Waals surface area (Å²) < 4.78 is 5.93. The maximum atomic E-state index is 5.93. The maximum Gasteiger partial charge on any atom is 0.134 e. The summed E-state index contributed by atoms with van der Waals surface area (Å²) in [7, 11) is 0. The van der Waals surface area contributed by atoms with Crippen LogP contribution < -0.4 is 5.32 Å². The van der Waals surface area contributed by atoms with Crippen molar-refractivity contribution in [2.75, 3.05) is 0 Å². The van der Waals surface area contributed by atoms with Crippen molar-refractivity contribution >= 4 is 0 Å². The van der Waals surface area contributed by atoms with E-state index in [4.69, 9.17) is 4.42 Å². The molecule has 1 heterocycles. The van der Waals surface area contributed by atoms with Gasteiger partial charge in [0.1, 0.15) is 11.5 Å². The van der Waals surface area contributed by atoms with Gasteiger partial charge in [-0.2, -0.15) is 0 Å². The highest BCUT2D eigenvalue weighted by Gasteiger charge is 2.07. The Hall–Kier alpha value is -1.54. The Kier molecular flexibility index (Phi) is 5.02. The molecule has 0 saturated heterocycles. The van der Waals surface area contributed by atoms with Crippen molar-refractivity contribution in [3.05, 3.63) is 47.2 Å². The lowest BCUT2D eigenvalue weighted by molar-refractivity contribution is 0.473. The fourth-order valence-corrected chi connectivity index (χ4v) is 2.39. The van der Waals surface area contributed by atoms with E-state index in [1.165, 1.54) is 16.7 Å². The molecule has 1 aromatic heterocycles. The molecule has 108 valence electrons. The van der Waals surface area contributed by atoms with E-state index in [1.807, 2.05) is 0 Å². The van der Waals surface area contributed by atoms with Gasteiger partial charge in [0.15, 0.2) is 0 Å². The average molecular weight is 271 g/mol. The predicted octanol–water partition coefficient (Wildman–Crippen LogP) is 4.57. The first-order valence-corrected chi connectivity index (χ1v) is 7.58. The molecule has 0 radical (unpaired) electrons. The molecule has 2 heteroatoms. The zero-order chi connectivity index (χ0) is 14.5. The van der Waals surface area contributed by atoms with Gasteiger partial charge in [0.05, 0.1) is 6.54 Å². The number of rotatable bonds is 6. The quantitative estimate of drug-likeness (QED) is 0.832. The summed E-state index contributed by atoms with van der Waals surface area (Å²) in [6, 6.07) is 11.2. The summed E-state index contributed by atoms with van der Waals surface area (Å²) in [4.78, 5) is 0. The summed E-state index contributed by atoms with van der Waals surface area (Å²) in [5, 5.41) is 3.37. The third-order valence-electron chi connectivity index (χ3n) is 3.60. The van der Waals surface area contributed by atoms with E-state index in [1.54, 1.807) is 0 Å². The summed E-state index contributed by atoms with van der Waals surface area (Å²) in [5.74, 6) is 1.95. The number of benzene rings is 1. The minimum Gasteiger partial charge on any atom is -0.460 e. The second-order valence-electron chi connectivity index (χ2n) is 5.49. The van der Waals surface area contributed by atoms with Gasteiger partial charge in [-0.3, -0.25) is 0 Å². The predicted molar refractivity (Wildman–Crippen MR) is 84.9 cm³/mol. The van der Waals surface area contributed by atoms with Crippen molar-refractivity contribution in [1.29, 1.82) is 0 Å². The Morgan fingerprint density at radius 1 is 1.00 bits per heavy atom. The van der Waals surface area contributed by atoms with Crippen LogP contribution in [0.25, 0.3) is 11.3 Å². The minimum atomic E-state index is 0.471. The van der Waals surface area contributed by atoms with Gasteiger partial charge in [0.25, 0.3) is 0 Å². The van der Waals surface area contributed by atoms with E-state index in [2.05, 4.69) is 63.3 Å². The Morgan fingerprint density at radius 3 is 2.40 bits per heavy atom. The Balaban J connectivity index is 2.19. The van der Waals surface area contributed by atoms with Crippen LogP contribution in [-0.4, -0.2) is 6.04 Å². The van der Waals surface area contributed by atoms with Gasteiger partial charge in [0.2, 0.25) is 0 Å². The van der Waals surface area contributed by atoms with E-state index in [-0.39, 0.29) is 0 Å². The SMILES string of the molecule is CCc1ccc(-c2ccc(CNC(C)C)o2)cc1CC. The van der Waals surface area contributed by atoms with Crippen LogP contribution >= 0.6 is 0 Å². The second-order valence-corrected chi connectivity index (χ2v) is 5.49. The third kappa shape index (κ3) is 3.51. The Morgan fingerprint density at radius 2 is 1.75 bits per heavy atom. The molecule has 20 heavy (non-hydrogen) atoms. The molecule has 0 atom stereocenters. The number of hydrogen-bond acceptors (Lipinski definition) is 2. The molecular weight excluding hydrogens is 246 g/mol. The van der Waals surface area contributed by atoms with Gasteiger partial charge in [-0.15, -0.1) is 0 Å². The van der Waals surface area contributed by atoms with E-state index in [0.29, 0.717) is 6.04 Å². The summed E-state index contributed by atoms with van der Waals surface area (Å²) in [6.45, 7) is 9.47. The van der Waals surface area contributed by atoms with Gasteiger partial charge in [-0.05, 0) is 42.2 Å². The van der Waals surface area contributed by atoms with Crippen LogP contribution in [0.4, 0.5) is 0 Å². The highest BCUT2D eigenvalue weighted by Crippen LogP contribution is 2.25. The smallest absolute Gasteiger partial charge is 0.134 e. The van der Waals surface area contributed by atoms with Gasteiger partial charge in [-0.25, -0.2) is 0 Å². The molecule has 0 aliphatic heterocycles. The van der Waals surface area contributed by atoms with E-state index >= 15 is 0 Å². The Bertz CT molecular complexity index is 554. The molecule has 0 aliphatic rings. The molecule has 0 saturated carbocycles. The lowest BCUT2D eigenvalue weighted by Gasteiger charge is -2.08. The highest BCUT2D eigenvalue weighted by atomic mass is 16.3. The fourth-order valence-electron chi connectivity index (χ4n) is 2.39. The molecule has 1 N–H and O–H groups in total. The average Bonchev–Trinajstić information content (AvgIpc) is 2.93. The van der Waals surface area contributed by atoms with Crippen LogP contribution in [0, 0.1) is 0 Å². The van der Waals surface area contributed by atoms with Crippen LogP contribution in [-0.2, 0) is 19.4 Å². The molecule has 0 unspecified atom stereocenters. The van der Waals surface area contributed by atoms with Crippen LogP contribution in [0.15, 0.2) is 34.7 Å². The van der Waals surface area contributed by atoms with Crippen molar-refractivity contribution in [3.8, 4) is 11.3 Å². The monoisotopic (exact) mass is 271 g/mol. The van der Waals surface area contributed by atoms with Crippen molar-refractivity contribution in [2.45, 2.75) is 53.1 Å². The standard InChI is InChI=1S/C18H25NO/c1-5-14-7-8-16(11-15(14)6-2)18-10-9-17(20-18)12-19-13(3)4/h7-11,13,19H,5-6,12H2,1-4H3. The fraction of sp³-hybridized carbons (Fsp3) is 0.444. The lowest BCUT2D eigenvalue weighted by Crippen LogP contribution is -2.21. The van der Waals surface area contributed by atoms with Crippen molar-refractivity contribution in [3.63, 3.8) is 0 Å². The zero-order valence-corrected chi connectivity index (χ0v) is 13.0. The molecule has 0 aliphatic carbocycles. The first-order chi connectivity index (χ1) is 9.63. The topological polar surface area (TPSA) is 25.2 Å². The van der Waals surface area contributed by atoms with Crippen molar-refractivity contribution in [1.82, 2.24) is 5.32 Å². The zero-order valence-electron chi connectivity index (χ0n) is 13.0. The van der Waals surface area contributed by atoms with Gasteiger partial charge in [0, 0.05) is 11.6 Å². The normalized spacial score (nSPS) is 11.2. The summed E-state index contributed by atoms with van der Waals surface area (Å²) in [6.07, 6.45) is 2.16. The molecule has 0 spiro atoms. The van der Waals surface area contributed by atoms with Gasteiger partial charge in [-0.1, -0.05) is 39.8 Å². The second kappa shape index (κ2) is 6.76. The maximum absolute atomic E-state index is 5.93. The van der Waals surface area contributed by atoms with Crippen molar-refractivity contribution < 1.29 is 4.42 Å². The molecule has 2 aromatic rings. The first-order valence-electron chi connectivity index (χ1n) is 7.58. The van der Waals surface area contributed by atoms with Crippen LogP contribution in [0.5, 0.6) is 0 Å². The largest absolute Gasteiger partial charge is 0.460 e. The van der Waals surface area contributed by atoms with Crippen LogP contribution in [0.3, 0.4) is 0 Å². The molecule has 0 fully saturated rings. The number of aryl methyl sites for hydroxylation is 2.